The van der Waals surface area contributed by atoms with E-state index in [2.05, 4.69) is 15.6 Å². The van der Waals surface area contributed by atoms with E-state index in [1.165, 1.54) is 18.2 Å². The Bertz CT molecular complexity index is 1190. The highest BCUT2D eigenvalue weighted by Gasteiger charge is 2.02. The Balaban J connectivity index is 1.25. The maximum Gasteiger partial charge on any atom is 0.244 e. The molecular weight excluding hydrogens is 407 g/mol. The number of amides is 1. The smallest absolute Gasteiger partial charge is 0.244 e. The quantitative estimate of drug-likeness (QED) is 0.417. The molecule has 32 heavy (non-hydrogen) atoms. The lowest BCUT2D eigenvalue weighted by Gasteiger charge is -2.07. The van der Waals surface area contributed by atoms with Crippen molar-refractivity contribution in [1.29, 1.82) is 0 Å². The molecule has 0 aliphatic rings. The number of nitrogens with one attached hydrogen (secondary N) is 1. The molecule has 160 valence electrons. The van der Waals surface area contributed by atoms with Crippen molar-refractivity contribution >= 4 is 12.0 Å². The first-order valence-electron chi connectivity index (χ1n) is 10.1. The summed E-state index contributed by atoms with van der Waals surface area (Å²) in [5, 5.41) is 11.0. The van der Waals surface area contributed by atoms with Crippen molar-refractivity contribution in [2.75, 3.05) is 0 Å². The maximum atomic E-state index is 13.0. The zero-order valence-corrected chi connectivity index (χ0v) is 17.2. The van der Waals surface area contributed by atoms with E-state index in [1.807, 2.05) is 42.5 Å². The van der Waals surface area contributed by atoms with Crippen LogP contribution >= 0.6 is 0 Å². The first-order chi connectivity index (χ1) is 15.6. The molecule has 0 fully saturated rings. The second-order valence-electron chi connectivity index (χ2n) is 7.08. The lowest BCUT2D eigenvalue weighted by molar-refractivity contribution is -0.116. The first-order valence-corrected chi connectivity index (χ1v) is 10.1. The fourth-order valence-electron chi connectivity index (χ4n) is 2.96. The van der Waals surface area contributed by atoms with Gasteiger partial charge in [0.25, 0.3) is 0 Å². The molecule has 6 nitrogen and oxygen atoms in total. The summed E-state index contributed by atoms with van der Waals surface area (Å²) in [5.74, 6) is 0.645. The van der Waals surface area contributed by atoms with Gasteiger partial charge in [0.2, 0.25) is 5.91 Å². The van der Waals surface area contributed by atoms with E-state index >= 15 is 0 Å². The SMILES string of the molecule is O=C(/C=C/c1cn(Cc2ccccc2)nn1)NCc1ccc(Oc2ccc(F)cc2)cc1. The van der Waals surface area contributed by atoms with Gasteiger partial charge in [-0.05, 0) is 53.6 Å². The van der Waals surface area contributed by atoms with Crippen LogP contribution in [0, 0.1) is 5.82 Å². The van der Waals surface area contributed by atoms with Gasteiger partial charge in [0.1, 0.15) is 23.0 Å². The van der Waals surface area contributed by atoms with Gasteiger partial charge in [-0.1, -0.05) is 47.7 Å². The number of aromatic nitrogens is 3. The van der Waals surface area contributed by atoms with E-state index in [4.69, 9.17) is 4.74 Å². The van der Waals surface area contributed by atoms with Crippen molar-refractivity contribution in [3.05, 3.63) is 114 Å². The molecule has 0 atom stereocenters. The van der Waals surface area contributed by atoms with Crippen LogP contribution in [0.15, 0.2) is 91.1 Å². The molecule has 3 aromatic carbocycles. The van der Waals surface area contributed by atoms with Crippen molar-refractivity contribution in [3.63, 3.8) is 0 Å². The molecule has 0 bridgehead atoms. The van der Waals surface area contributed by atoms with E-state index in [0.29, 0.717) is 30.3 Å². The minimum atomic E-state index is -0.311. The van der Waals surface area contributed by atoms with Crippen LogP contribution in [0.3, 0.4) is 0 Å². The van der Waals surface area contributed by atoms with E-state index in [-0.39, 0.29) is 11.7 Å². The topological polar surface area (TPSA) is 69.0 Å². The lowest BCUT2D eigenvalue weighted by atomic mass is 10.2. The molecule has 7 heteroatoms. The summed E-state index contributed by atoms with van der Waals surface area (Å²) < 4.78 is 20.3. The standard InChI is InChI=1S/C25H21FN4O2/c26-21-8-13-24(14-9-21)32-23-11-6-19(7-12-23)16-27-25(31)15-10-22-18-30(29-28-22)17-20-4-2-1-3-5-20/h1-15,18H,16-17H2,(H,27,31)/b15-10+. The number of ether oxygens (including phenoxy) is 1. The molecule has 0 saturated heterocycles. The number of halogens is 1. The first kappa shape index (κ1) is 21.0. The summed E-state index contributed by atoms with van der Waals surface area (Å²) in [5.41, 5.74) is 2.66. The Morgan fingerprint density at radius 1 is 0.938 bits per heavy atom. The van der Waals surface area contributed by atoms with E-state index in [9.17, 15) is 9.18 Å². The molecule has 0 radical (unpaired) electrons. The Hall–Kier alpha value is -4.26. The summed E-state index contributed by atoms with van der Waals surface area (Å²) in [6, 6.07) is 23.1. The molecular formula is C25H21FN4O2. The highest BCUT2D eigenvalue weighted by Crippen LogP contribution is 2.21. The predicted octanol–water partition coefficient (Wildman–Crippen LogP) is 4.59. The molecule has 0 saturated carbocycles. The van der Waals surface area contributed by atoms with Crippen molar-refractivity contribution in [3.8, 4) is 11.5 Å². The second-order valence-corrected chi connectivity index (χ2v) is 7.08. The molecule has 0 unspecified atom stereocenters. The van der Waals surface area contributed by atoms with Gasteiger partial charge in [-0.15, -0.1) is 5.10 Å². The lowest BCUT2D eigenvalue weighted by Crippen LogP contribution is -2.20. The molecule has 1 heterocycles. The maximum absolute atomic E-state index is 13.0. The van der Waals surface area contributed by atoms with E-state index in [1.54, 1.807) is 41.2 Å². The number of carbonyl (C=O) groups is 1. The zero-order chi connectivity index (χ0) is 22.2. The minimum absolute atomic E-state index is 0.228. The van der Waals surface area contributed by atoms with E-state index < -0.39 is 0 Å². The number of hydrogen-bond acceptors (Lipinski definition) is 4. The Labute approximate surface area is 185 Å². The van der Waals surface area contributed by atoms with E-state index in [0.717, 1.165) is 11.1 Å². The summed E-state index contributed by atoms with van der Waals surface area (Å²) in [6.07, 6.45) is 4.85. The van der Waals surface area contributed by atoms with Crippen LogP contribution in [0.5, 0.6) is 11.5 Å². The second kappa shape index (κ2) is 10.2. The Morgan fingerprint density at radius 3 is 2.34 bits per heavy atom. The molecule has 4 rings (SSSR count). The normalized spacial score (nSPS) is 10.9. The summed E-state index contributed by atoms with van der Waals surface area (Å²) in [6.45, 7) is 0.995. The third-order valence-corrected chi connectivity index (χ3v) is 4.59. The van der Waals surface area contributed by atoms with Crippen molar-refractivity contribution in [2.45, 2.75) is 13.1 Å². The summed E-state index contributed by atoms with van der Waals surface area (Å²) in [4.78, 5) is 12.1. The fourth-order valence-corrected chi connectivity index (χ4v) is 2.96. The van der Waals surface area contributed by atoms with Gasteiger partial charge >= 0.3 is 0 Å². The number of carbonyl (C=O) groups excluding carboxylic acids is 1. The van der Waals surface area contributed by atoms with Crippen LogP contribution < -0.4 is 10.1 Å². The highest BCUT2D eigenvalue weighted by molar-refractivity contribution is 5.91. The van der Waals surface area contributed by atoms with Crippen LogP contribution in [0.4, 0.5) is 4.39 Å². The third-order valence-electron chi connectivity index (χ3n) is 4.59. The fraction of sp³-hybridized carbons (Fsp3) is 0.0800. The van der Waals surface area contributed by atoms with Crippen LogP contribution in [-0.4, -0.2) is 20.9 Å². The number of nitrogens with zero attached hydrogens (tertiary/aromatic N) is 3. The molecule has 0 aliphatic heterocycles. The Kier molecular flexibility index (Phi) is 6.67. The van der Waals surface area contributed by atoms with Crippen LogP contribution in [0.25, 0.3) is 6.08 Å². The average Bonchev–Trinajstić information content (AvgIpc) is 3.26. The number of hydrogen-bond donors (Lipinski definition) is 1. The van der Waals surface area contributed by atoms with Crippen molar-refractivity contribution in [1.82, 2.24) is 20.3 Å². The van der Waals surface area contributed by atoms with Crippen LogP contribution in [0.1, 0.15) is 16.8 Å². The Morgan fingerprint density at radius 2 is 1.62 bits per heavy atom. The largest absolute Gasteiger partial charge is 0.457 e. The summed E-state index contributed by atoms with van der Waals surface area (Å²) in [7, 11) is 0. The zero-order valence-electron chi connectivity index (χ0n) is 17.2. The van der Waals surface area contributed by atoms with Gasteiger partial charge in [0, 0.05) is 12.6 Å². The number of rotatable bonds is 8. The third kappa shape index (κ3) is 6.12. The molecule has 0 spiro atoms. The molecule has 0 aliphatic carbocycles. The van der Waals surface area contributed by atoms with Gasteiger partial charge in [-0.25, -0.2) is 9.07 Å². The molecule has 1 aromatic heterocycles. The molecule has 4 aromatic rings. The van der Waals surface area contributed by atoms with Crippen LogP contribution in [0.2, 0.25) is 0 Å². The highest BCUT2D eigenvalue weighted by atomic mass is 19.1. The monoisotopic (exact) mass is 428 g/mol. The molecule has 1 N–H and O–H groups in total. The minimum Gasteiger partial charge on any atom is -0.457 e. The number of benzene rings is 3. The van der Waals surface area contributed by atoms with Gasteiger partial charge in [-0.2, -0.15) is 0 Å². The van der Waals surface area contributed by atoms with Gasteiger partial charge < -0.3 is 10.1 Å². The van der Waals surface area contributed by atoms with Gasteiger partial charge in [-0.3, -0.25) is 4.79 Å². The van der Waals surface area contributed by atoms with Gasteiger partial charge in [0.15, 0.2) is 0 Å². The summed E-state index contributed by atoms with van der Waals surface area (Å²) >= 11 is 0. The average molecular weight is 428 g/mol. The van der Waals surface area contributed by atoms with Crippen molar-refractivity contribution < 1.29 is 13.9 Å². The van der Waals surface area contributed by atoms with Crippen molar-refractivity contribution in [2.24, 2.45) is 0 Å². The predicted molar refractivity (Wildman–Crippen MR) is 119 cm³/mol. The van der Waals surface area contributed by atoms with Gasteiger partial charge in [0.05, 0.1) is 12.7 Å². The van der Waals surface area contributed by atoms with Crippen LogP contribution in [-0.2, 0) is 17.9 Å². The molecule has 1 amide bonds.